The number of amides is 1. The highest BCUT2D eigenvalue weighted by Crippen LogP contribution is 2.36. The summed E-state index contributed by atoms with van der Waals surface area (Å²) < 4.78 is 6.95. The van der Waals surface area contributed by atoms with Gasteiger partial charge in [-0.1, -0.05) is 6.07 Å². The molecule has 0 fully saturated rings. The van der Waals surface area contributed by atoms with Crippen molar-refractivity contribution in [2.75, 3.05) is 7.11 Å². The molecule has 4 aromatic rings. The number of aromatic amines is 1. The molecule has 5 rings (SSSR count). The zero-order chi connectivity index (χ0) is 21.5. The standard InChI is InChI=1S/C23H24N6O2/c1-13-7-9-17(22(14(13)2)29-12-24-27-28-29)23(30)26-20-6-4-5-16-18-11-15(31-3)8-10-19(18)25-21(16)20/h7-12,20,25H,4-6H2,1-3H3,(H,26,30)/t20-/m1/s1. The molecule has 31 heavy (non-hydrogen) atoms. The molecule has 0 saturated carbocycles. The number of aromatic nitrogens is 5. The van der Waals surface area contributed by atoms with Crippen molar-refractivity contribution in [1.82, 2.24) is 30.5 Å². The molecule has 0 unspecified atom stereocenters. The molecule has 1 aliphatic carbocycles. The number of aryl methyl sites for hydroxylation is 2. The highest BCUT2D eigenvalue weighted by atomic mass is 16.5. The minimum absolute atomic E-state index is 0.0852. The minimum atomic E-state index is -0.136. The number of carbonyl (C=O) groups is 1. The van der Waals surface area contributed by atoms with Gasteiger partial charge in [0.2, 0.25) is 0 Å². The minimum Gasteiger partial charge on any atom is -0.497 e. The van der Waals surface area contributed by atoms with Gasteiger partial charge < -0.3 is 15.0 Å². The van der Waals surface area contributed by atoms with Gasteiger partial charge in [0, 0.05) is 16.6 Å². The molecule has 1 atom stereocenters. The predicted octanol–water partition coefficient (Wildman–Crippen LogP) is 3.58. The Morgan fingerprint density at radius 3 is 2.90 bits per heavy atom. The van der Waals surface area contributed by atoms with E-state index >= 15 is 0 Å². The van der Waals surface area contributed by atoms with Crippen LogP contribution < -0.4 is 10.1 Å². The van der Waals surface area contributed by atoms with E-state index in [9.17, 15) is 4.79 Å². The van der Waals surface area contributed by atoms with Gasteiger partial charge in [-0.25, -0.2) is 0 Å². The van der Waals surface area contributed by atoms with Gasteiger partial charge >= 0.3 is 0 Å². The zero-order valence-electron chi connectivity index (χ0n) is 17.8. The van der Waals surface area contributed by atoms with Crippen LogP contribution in [0.5, 0.6) is 5.75 Å². The van der Waals surface area contributed by atoms with Crippen molar-refractivity contribution in [3.05, 3.63) is 64.6 Å². The highest BCUT2D eigenvalue weighted by molar-refractivity contribution is 5.99. The molecule has 2 aromatic carbocycles. The molecule has 8 heteroatoms. The lowest BCUT2D eigenvalue weighted by molar-refractivity contribution is 0.0931. The van der Waals surface area contributed by atoms with Crippen LogP contribution in [0, 0.1) is 13.8 Å². The van der Waals surface area contributed by atoms with Crippen LogP contribution in [0.25, 0.3) is 16.6 Å². The molecule has 0 radical (unpaired) electrons. The summed E-state index contributed by atoms with van der Waals surface area (Å²) in [6.45, 7) is 3.99. The maximum atomic E-state index is 13.4. The summed E-state index contributed by atoms with van der Waals surface area (Å²) in [6.07, 6.45) is 4.39. The third-order valence-corrected chi connectivity index (χ3v) is 6.24. The number of H-pyrrole nitrogens is 1. The molecule has 2 aromatic heterocycles. The Kier molecular flexibility index (Phi) is 4.69. The number of hydrogen-bond acceptors (Lipinski definition) is 5. The maximum Gasteiger partial charge on any atom is 0.254 e. The van der Waals surface area contributed by atoms with Gasteiger partial charge in [0.25, 0.3) is 5.91 Å². The first kappa shape index (κ1) is 19.3. The first-order valence-electron chi connectivity index (χ1n) is 10.4. The summed E-state index contributed by atoms with van der Waals surface area (Å²) in [5, 5.41) is 15.9. The third kappa shape index (κ3) is 3.24. The summed E-state index contributed by atoms with van der Waals surface area (Å²) >= 11 is 0. The van der Waals surface area contributed by atoms with E-state index in [0.29, 0.717) is 11.3 Å². The Morgan fingerprint density at radius 2 is 2.13 bits per heavy atom. The first-order chi connectivity index (χ1) is 15.1. The van der Waals surface area contributed by atoms with Gasteiger partial charge in [0.15, 0.2) is 0 Å². The lowest BCUT2D eigenvalue weighted by Crippen LogP contribution is -2.32. The van der Waals surface area contributed by atoms with E-state index in [4.69, 9.17) is 4.74 Å². The number of fused-ring (bicyclic) bond motifs is 3. The number of benzene rings is 2. The van der Waals surface area contributed by atoms with Crippen molar-refractivity contribution < 1.29 is 9.53 Å². The van der Waals surface area contributed by atoms with Crippen molar-refractivity contribution in [2.45, 2.75) is 39.2 Å². The average molecular weight is 416 g/mol. The van der Waals surface area contributed by atoms with Crippen LogP contribution in [0.15, 0.2) is 36.7 Å². The smallest absolute Gasteiger partial charge is 0.254 e. The molecule has 0 spiro atoms. The maximum absolute atomic E-state index is 13.4. The summed E-state index contributed by atoms with van der Waals surface area (Å²) in [5.41, 5.74) is 6.71. The monoisotopic (exact) mass is 416 g/mol. The van der Waals surface area contributed by atoms with Crippen LogP contribution in [0.2, 0.25) is 0 Å². The van der Waals surface area contributed by atoms with Crippen LogP contribution in [-0.4, -0.2) is 38.2 Å². The number of nitrogens with zero attached hydrogens (tertiary/aromatic N) is 4. The molecule has 1 aliphatic rings. The van der Waals surface area contributed by atoms with Crippen molar-refractivity contribution in [3.63, 3.8) is 0 Å². The number of tetrazole rings is 1. The van der Waals surface area contributed by atoms with E-state index in [2.05, 4.69) is 31.9 Å². The van der Waals surface area contributed by atoms with Crippen LogP contribution in [0.3, 0.4) is 0 Å². The fourth-order valence-electron chi connectivity index (χ4n) is 4.49. The summed E-state index contributed by atoms with van der Waals surface area (Å²) in [4.78, 5) is 16.9. The number of rotatable bonds is 4. The number of nitrogens with one attached hydrogen (secondary N) is 2. The largest absolute Gasteiger partial charge is 0.497 e. The number of hydrogen-bond donors (Lipinski definition) is 2. The molecular formula is C23H24N6O2. The van der Waals surface area contributed by atoms with Gasteiger partial charge in [-0.3, -0.25) is 4.79 Å². The second-order valence-electron chi connectivity index (χ2n) is 8.01. The summed E-state index contributed by atoms with van der Waals surface area (Å²) in [6, 6.07) is 9.76. The fourth-order valence-corrected chi connectivity index (χ4v) is 4.49. The molecule has 158 valence electrons. The SMILES string of the molecule is COc1ccc2[nH]c3c(c2c1)CCC[C@H]3NC(=O)c1ccc(C)c(C)c1-n1cnnn1. The summed E-state index contributed by atoms with van der Waals surface area (Å²) in [7, 11) is 1.68. The third-order valence-electron chi connectivity index (χ3n) is 6.24. The first-order valence-corrected chi connectivity index (χ1v) is 10.4. The second kappa shape index (κ2) is 7.54. The Hall–Kier alpha value is -3.68. The van der Waals surface area contributed by atoms with Crippen LogP contribution in [0.1, 0.15) is 51.6 Å². The van der Waals surface area contributed by atoms with E-state index in [1.54, 1.807) is 11.8 Å². The van der Waals surface area contributed by atoms with Crippen LogP contribution in [0.4, 0.5) is 0 Å². The lowest BCUT2D eigenvalue weighted by Gasteiger charge is -2.24. The Labute approximate surface area is 179 Å². The Morgan fingerprint density at radius 1 is 1.26 bits per heavy atom. The van der Waals surface area contributed by atoms with E-state index in [1.807, 2.05) is 38.1 Å². The number of carbonyl (C=O) groups excluding carboxylic acids is 1. The lowest BCUT2D eigenvalue weighted by atomic mass is 9.91. The predicted molar refractivity (Wildman–Crippen MR) is 117 cm³/mol. The topological polar surface area (TPSA) is 97.7 Å². The fraction of sp³-hybridized carbons (Fsp3) is 0.304. The number of methoxy groups -OCH3 is 1. The van der Waals surface area contributed by atoms with E-state index in [-0.39, 0.29) is 11.9 Å². The molecule has 2 N–H and O–H groups in total. The van der Waals surface area contributed by atoms with Crippen LogP contribution in [-0.2, 0) is 6.42 Å². The van der Waals surface area contributed by atoms with E-state index in [1.165, 1.54) is 11.9 Å². The van der Waals surface area contributed by atoms with Gasteiger partial charge in [0.1, 0.15) is 12.1 Å². The van der Waals surface area contributed by atoms with Crippen molar-refractivity contribution in [1.29, 1.82) is 0 Å². The average Bonchev–Trinajstić information content (AvgIpc) is 3.43. The van der Waals surface area contributed by atoms with Crippen molar-refractivity contribution >= 4 is 16.8 Å². The highest BCUT2D eigenvalue weighted by Gasteiger charge is 2.27. The van der Waals surface area contributed by atoms with Gasteiger partial charge in [-0.15, -0.1) is 5.10 Å². The quantitative estimate of drug-likeness (QED) is 0.530. The molecule has 0 aliphatic heterocycles. The van der Waals surface area contributed by atoms with E-state index in [0.717, 1.165) is 52.7 Å². The Bertz CT molecular complexity index is 1280. The number of ether oxygens (including phenoxy) is 1. The molecular weight excluding hydrogens is 392 g/mol. The second-order valence-corrected chi connectivity index (χ2v) is 8.01. The molecule has 0 saturated heterocycles. The molecule has 1 amide bonds. The Balaban J connectivity index is 1.51. The van der Waals surface area contributed by atoms with Gasteiger partial charge in [0.05, 0.1) is 24.4 Å². The van der Waals surface area contributed by atoms with Crippen molar-refractivity contribution in [3.8, 4) is 11.4 Å². The van der Waals surface area contributed by atoms with Crippen molar-refractivity contribution in [2.24, 2.45) is 0 Å². The summed E-state index contributed by atoms with van der Waals surface area (Å²) in [5.74, 6) is 0.698. The van der Waals surface area contributed by atoms with Gasteiger partial charge in [-0.05, 0) is 84.5 Å². The van der Waals surface area contributed by atoms with Gasteiger partial charge in [-0.2, -0.15) is 4.68 Å². The molecule has 8 nitrogen and oxygen atoms in total. The zero-order valence-corrected chi connectivity index (χ0v) is 17.8. The van der Waals surface area contributed by atoms with E-state index < -0.39 is 0 Å². The molecule has 2 heterocycles. The molecule has 0 bridgehead atoms. The normalized spacial score (nSPS) is 15.6. The van der Waals surface area contributed by atoms with Crippen LogP contribution >= 0.6 is 0 Å².